The van der Waals surface area contributed by atoms with Crippen LogP contribution in [0.5, 0.6) is 0 Å². The fourth-order valence-electron chi connectivity index (χ4n) is 3.84. The average molecular weight is 434 g/mol. The zero-order valence-electron chi connectivity index (χ0n) is 16.7. The predicted molar refractivity (Wildman–Crippen MR) is 124 cm³/mol. The van der Waals surface area contributed by atoms with Crippen LogP contribution in [0.2, 0.25) is 0 Å². The van der Waals surface area contributed by atoms with Crippen LogP contribution in [0.3, 0.4) is 0 Å². The second-order valence-corrected chi connectivity index (χ2v) is 9.13. The maximum atomic E-state index is 4.91. The number of rotatable bonds is 5. The Morgan fingerprint density at radius 3 is 2.77 bits per heavy atom. The lowest BCUT2D eigenvalue weighted by Gasteiger charge is -2.07. The van der Waals surface area contributed by atoms with Gasteiger partial charge in [-0.2, -0.15) is 0 Å². The Bertz CT molecular complexity index is 1210. The minimum absolute atomic E-state index is 0.736. The number of hydrogen-bond acceptors (Lipinski definition) is 5. The van der Waals surface area contributed by atoms with E-state index < -0.39 is 0 Å². The molecule has 0 amide bonds. The first-order valence-electron chi connectivity index (χ1n) is 10.2. The van der Waals surface area contributed by atoms with E-state index in [4.69, 9.17) is 4.99 Å². The highest BCUT2D eigenvalue weighted by atomic mass is 32.1. The summed E-state index contributed by atoms with van der Waals surface area (Å²) in [5.74, 6) is 2.08. The van der Waals surface area contributed by atoms with E-state index in [1.807, 2.05) is 6.08 Å². The van der Waals surface area contributed by atoms with Crippen LogP contribution in [0.1, 0.15) is 25.1 Å². The van der Waals surface area contributed by atoms with Crippen LogP contribution in [-0.2, 0) is 19.5 Å². The molecule has 1 aromatic carbocycles. The van der Waals surface area contributed by atoms with Gasteiger partial charge in [0.05, 0.1) is 16.3 Å². The van der Waals surface area contributed by atoms with Crippen molar-refractivity contribution in [2.24, 2.45) is 4.99 Å². The van der Waals surface area contributed by atoms with Crippen LogP contribution >= 0.6 is 22.7 Å². The van der Waals surface area contributed by atoms with Gasteiger partial charge in [-0.25, -0.2) is 4.99 Å². The van der Waals surface area contributed by atoms with Crippen molar-refractivity contribution in [2.75, 3.05) is 0 Å². The fraction of sp³-hybridized carbons (Fsp3) is 0.261. The number of benzene rings is 1. The van der Waals surface area contributed by atoms with Crippen LogP contribution < -0.4 is 4.80 Å². The fourth-order valence-corrected chi connectivity index (χ4v) is 5.60. The third-order valence-electron chi connectivity index (χ3n) is 5.34. The first-order chi connectivity index (χ1) is 14.8. The van der Waals surface area contributed by atoms with Gasteiger partial charge in [0.2, 0.25) is 0 Å². The Morgan fingerprint density at radius 2 is 1.97 bits per heavy atom. The zero-order chi connectivity index (χ0) is 20.3. The standard InChI is InChI=1S/C23H23N5S2/c1-2-13-27-19(20-7-6-15-29-20)16-30-23(27)24-18-11-9-17(10-12-18)22-26-25-21-8-4-3-5-14-28(21)22/h2,6-7,9-12,15-16H,1,3-5,8,13-14H2. The van der Waals surface area contributed by atoms with Crippen molar-refractivity contribution in [3.05, 3.63) is 70.4 Å². The summed E-state index contributed by atoms with van der Waals surface area (Å²) in [6.07, 6.45) is 6.60. The van der Waals surface area contributed by atoms with Gasteiger partial charge >= 0.3 is 0 Å². The van der Waals surface area contributed by atoms with Gasteiger partial charge in [-0.3, -0.25) is 0 Å². The summed E-state index contributed by atoms with van der Waals surface area (Å²) < 4.78 is 4.50. The summed E-state index contributed by atoms with van der Waals surface area (Å²) >= 11 is 3.40. The van der Waals surface area contributed by atoms with Crippen molar-refractivity contribution in [2.45, 2.75) is 38.8 Å². The summed E-state index contributed by atoms with van der Waals surface area (Å²) in [5.41, 5.74) is 3.22. The minimum Gasteiger partial charge on any atom is -0.312 e. The monoisotopic (exact) mass is 433 g/mol. The molecule has 5 rings (SSSR count). The second-order valence-electron chi connectivity index (χ2n) is 7.34. The number of thiazole rings is 1. The van der Waals surface area contributed by atoms with Crippen molar-refractivity contribution < 1.29 is 0 Å². The maximum Gasteiger partial charge on any atom is 0.190 e. The number of nitrogens with zero attached hydrogens (tertiary/aromatic N) is 5. The SMILES string of the molecule is C=CCn1c(-c2cccs2)csc1=Nc1ccc(-c2nnc3n2CCCCC3)cc1. The Kier molecular flexibility index (Phi) is 5.46. The summed E-state index contributed by atoms with van der Waals surface area (Å²) in [7, 11) is 0. The lowest BCUT2D eigenvalue weighted by molar-refractivity contribution is 0.636. The summed E-state index contributed by atoms with van der Waals surface area (Å²) in [6.45, 7) is 5.66. The molecule has 0 N–H and O–H groups in total. The smallest absolute Gasteiger partial charge is 0.190 e. The summed E-state index contributed by atoms with van der Waals surface area (Å²) in [5, 5.41) is 13.2. The number of aromatic nitrogens is 4. The first kappa shape index (κ1) is 19.2. The lowest BCUT2D eigenvalue weighted by atomic mass is 10.2. The van der Waals surface area contributed by atoms with E-state index in [1.165, 1.54) is 29.8 Å². The highest BCUT2D eigenvalue weighted by molar-refractivity contribution is 7.14. The van der Waals surface area contributed by atoms with Gasteiger partial charge in [0, 0.05) is 30.5 Å². The molecule has 0 radical (unpaired) electrons. The number of fused-ring (bicyclic) bond motifs is 1. The van der Waals surface area contributed by atoms with Gasteiger partial charge < -0.3 is 9.13 Å². The molecule has 0 atom stereocenters. The third kappa shape index (κ3) is 3.70. The zero-order valence-corrected chi connectivity index (χ0v) is 18.3. The second kappa shape index (κ2) is 8.53. The van der Waals surface area contributed by atoms with Crippen LogP contribution in [0.4, 0.5) is 5.69 Å². The number of thiophene rings is 1. The van der Waals surface area contributed by atoms with E-state index >= 15 is 0 Å². The molecular formula is C23H23N5S2. The molecule has 0 saturated carbocycles. The predicted octanol–water partition coefficient (Wildman–Crippen LogP) is 5.68. The summed E-state index contributed by atoms with van der Waals surface area (Å²) in [4.78, 5) is 7.13. The number of aryl methyl sites for hydroxylation is 1. The molecule has 0 fully saturated rings. The number of allylic oxidation sites excluding steroid dienone is 1. The van der Waals surface area contributed by atoms with Crippen molar-refractivity contribution in [3.63, 3.8) is 0 Å². The van der Waals surface area contributed by atoms with Crippen LogP contribution in [0.25, 0.3) is 22.0 Å². The molecule has 0 spiro atoms. The van der Waals surface area contributed by atoms with Crippen LogP contribution in [0, 0.1) is 0 Å². The molecule has 1 aliphatic heterocycles. The molecule has 152 valence electrons. The normalized spacial score (nSPS) is 14.5. The quantitative estimate of drug-likeness (QED) is 0.380. The highest BCUT2D eigenvalue weighted by Crippen LogP contribution is 2.27. The molecule has 0 unspecified atom stereocenters. The number of hydrogen-bond donors (Lipinski definition) is 0. The Labute approximate surface area is 183 Å². The van der Waals surface area contributed by atoms with Gasteiger partial charge in [0.25, 0.3) is 0 Å². The van der Waals surface area contributed by atoms with Crippen LogP contribution in [-0.4, -0.2) is 19.3 Å². The van der Waals surface area contributed by atoms with Gasteiger partial charge in [-0.1, -0.05) is 18.6 Å². The molecule has 0 aliphatic carbocycles. The summed E-state index contributed by atoms with van der Waals surface area (Å²) in [6, 6.07) is 12.6. The van der Waals surface area contributed by atoms with Crippen LogP contribution in [0.15, 0.2) is 64.8 Å². The van der Waals surface area contributed by atoms with Crippen molar-refractivity contribution in [3.8, 4) is 22.0 Å². The maximum absolute atomic E-state index is 4.91. The van der Waals surface area contributed by atoms with E-state index in [0.29, 0.717) is 0 Å². The van der Waals surface area contributed by atoms with E-state index in [-0.39, 0.29) is 0 Å². The van der Waals surface area contributed by atoms with Crippen molar-refractivity contribution >= 4 is 28.4 Å². The van der Waals surface area contributed by atoms with Crippen molar-refractivity contribution in [1.29, 1.82) is 0 Å². The lowest BCUT2D eigenvalue weighted by Crippen LogP contribution is -2.14. The average Bonchev–Trinajstić information content (AvgIpc) is 3.48. The van der Waals surface area contributed by atoms with E-state index in [0.717, 1.165) is 47.2 Å². The molecule has 4 heterocycles. The molecule has 0 bridgehead atoms. The van der Waals surface area contributed by atoms with E-state index in [9.17, 15) is 0 Å². The van der Waals surface area contributed by atoms with E-state index in [1.54, 1.807) is 22.7 Å². The Balaban J connectivity index is 1.48. The first-order valence-corrected chi connectivity index (χ1v) is 12.0. The molecule has 5 nitrogen and oxygen atoms in total. The molecule has 3 aromatic heterocycles. The van der Waals surface area contributed by atoms with Crippen molar-refractivity contribution in [1.82, 2.24) is 19.3 Å². The molecule has 0 saturated heterocycles. The van der Waals surface area contributed by atoms with Gasteiger partial charge in [-0.15, -0.1) is 39.4 Å². The van der Waals surface area contributed by atoms with Gasteiger partial charge in [-0.05, 0) is 48.6 Å². The van der Waals surface area contributed by atoms with Gasteiger partial charge in [0.15, 0.2) is 10.6 Å². The molecular weight excluding hydrogens is 410 g/mol. The Morgan fingerprint density at radius 1 is 1.07 bits per heavy atom. The topological polar surface area (TPSA) is 48.0 Å². The molecule has 4 aromatic rings. The molecule has 30 heavy (non-hydrogen) atoms. The molecule has 1 aliphatic rings. The Hall–Kier alpha value is -2.77. The minimum atomic E-state index is 0.736. The third-order valence-corrected chi connectivity index (χ3v) is 7.10. The van der Waals surface area contributed by atoms with Gasteiger partial charge in [0.1, 0.15) is 5.82 Å². The highest BCUT2D eigenvalue weighted by Gasteiger charge is 2.16. The largest absolute Gasteiger partial charge is 0.312 e. The van der Waals surface area contributed by atoms with E-state index in [2.05, 4.69) is 73.1 Å². The molecule has 7 heteroatoms.